The molecular weight excluding hydrogens is 470 g/mol. The van der Waals surface area contributed by atoms with Crippen molar-refractivity contribution >= 4 is 34.7 Å². The molecule has 2 amide bonds. The van der Waals surface area contributed by atoms with Gasteiger partial charge in [-0.05, 0) is 34.9 Å². The Kier molecular flexibility index (Phi) is 6.53. The Morgan fingerprint density at radius 1 is 1.19 bits per heavy atom. The number of piperazine rings is 1. The van der Waals surface area contributed by atoms with Gasteiger partial charge in [0, 0.05) is 76.1 Å². The number of hydrogen-bond donors (Lipinski definition) is 2. The highest BCUT2D eigenvalue weighted by Crippen LogP contribution is 2.38. The van der Waals surface area contributed by atoms with E-state index in [-0.39, 0.29) is 18.4 Å². The molecule has 0 radical (unpaired) electrons. The molecule has 3 heterocycles. The molecule has 1 saturated heterocycles. The zero-order valence-electron chi connectivity index (χ0n) is 20.9. The molecule has 1 aromatic heterocycles. The summed E-state index contributed by atoms with van der Waals surface area (Å²) in [7, 11) is 1.84. The number of carbonyl (C=O) groups is 3. The second kappa shape index (κ2) is 9.79. The highest BCUT2D eigenvalue weighted by molar-refractivity contribution is 6.09. The van der Waals surface area contributed by atoms with Crippen LogP contribution >= 0.6 is 0 Å². The Morgan fingerprint density at radius 3 is 2.65 bits per heavy atom. The second-order valence-electron chi connectivity index (χ2n) is 9.64. The van der Waals surface area contributed by atoms with Gasteiger partial charge in [-0.2, -0.15) is 5.10 Å². The van der Waals surface area contributed by atoms with E-state index >= 15 is 0 Å². The van der Waals surface area contributed by atoms with Crippen molar-refractivity contribution in [2.45, 2.75) is 6.54 Å². The molecule has 0 unspecified atom stereocenters. The number of amides is 2. The summed E-state index contributed by atoms with van der Waals surface area (Å²) < 4.78 is 1.75. The third-order valence-corrected chi connectivity index (χ3v) is 7.27. The lowest BCUT2D eigenvalue weighted by atomic mass is 9.93. The van der Waals surface area contributed by atoms with Crippen molar-refractivity contribution < 1.29 is 14.4 Å². The van der Waals surface area contributed by atoms with E-state index < -0.39 is 0 Å². The van der Waals surface area contributed by atoms with Crippen LogP contribution in [0, 0.1) is 0 Å². The molecule has 0 spiro atoms. The normalized spacial score (nSPS) is 15.9. The average Bonchev–Trinajstić information content (AvgIpc) is 3.44. The van der Waals surface area contributed by atoms with E-state index in [2.05, 4.69) is 16.6 Å². The first-order valence-corrected chi connectivity index (χ1v) is 12.3. The number of nitrogens with zero attached hydrogens (tertiary/aromatic N) is 5. The second-order valence-corrected chi connectivity index (χ2v) is 9.64. The lowest BCUT2D eigenvalue weighted by Gasteiger charge is -2.34. The molecule has 10 heteroatoms. The van der Waals surface area contributed by atoms with Crippen LogP contribution in [0.1, 0.15) is 26.3 Å². The van der Waals surface area contributed by atoms with Crippen molar-refractivity contribution in [2.24, 2.45) is 12.8 Å². The van der Waals surface area contributed by atoms with Crippen molar-refractivity contribution in [1.29, 1.82) is 0 Å². The number of aldehydes is 1. The van der Waals surface area contributed by atoms with Crippen molar-refractivity contribution in [3.63, 3.8) is 0 Å². The fourth-order valence-corrected chi connectivity index (χ4v) is 5.29. The van der Waals surface area contributed by atoms with E-state index in [1.807, 2.05) is 30.1 Å². The number of nitrogen functional groups attached to an aromatic ring is 1. The minimum Gasteiger partial charge on any atom is -0.398 e. The highest BCUT2D eigenvalue weighted by atomic mass is 16.2. The summed E-state index contributed by atoms with van der Waals surface area (Å²) in [6, 6.07) is 7.48. The highest BCUT2D eigenvalue weighted by Gasteiger charge is 2.33. The predicted octanol–water partition coefficient (Wildman–Crippen LogP) is 1.25. The van der Waals surface area contributed by atoms with Crippen molar-refractivity contribution in [3.8, 4) is 11.1 Å². The smallest absolute Gasteiger partial charge is 0.256 e. The minimum atomic E-state index is -0.231. The number of nitrogens with two attached hydrogens (primary N) is 2. The fraction of sp³-hybridized carbons (Fsp3) is 0.333. The van der Waals surface area contributed by atoms with Gasteiger partial charge >= 0.3 is 0 Å². The Bertz CT molecular complexity index is 1420. The minimum absolute atomic E-state index is 0.0423. The summed E-state index contributed by atoms with van der Waals surface area (Å²) in [5.41, 5.74) is 16.9. The average molecular weight is 502 g/mol. The van der Waals surface area contributed by atoms with Gasteiger partial charge in [-0.25, -0.2) is 0 Å². The topological polar surface area (TPSA) is 131 Å². The van der Waals surface area contributed by atoms with Crippen molar-refractivity contribution in [1.82, 2.24) is 24.5 Å². The first-order chi connectivity index (χ1) is 17.8. The van der Waals surface area contributed by atoms with Crippen LogP contribution in [0.25, 0.3) is 22.0 Å². The maximum Gasteiger partial charge on any atom is 0.256 e. The molecular formula is C27H31N7O3. The predicted molar refractivity (Wildman–Crippen MR) is 142 cm³/mol. The number of benzene rings is 2. The molecule has 1 fully saturated rings. The molecule has 2 aliphatic heterocycles. The van der Waals surface area contributed by atoms with Gasteiger partial charge in [0.15, 0.2) is 0 Å². The fourth-order valence-electron chi connectivity index (χ4n) is 5.29. The van der Waals surface area contributed by atoms with E-state index in [9.17, 15) is 14.4 Å². The van der Waals surface area contributed by atoms with E-state index in [0.717, 1.165) is 47.2 Å². The summed E-state index contributed by atoms with van der Waals surface area (Å²) in [6.45, 7) is 8.40. The molecule has 0 bridgehead atoms. The van der Waals surface area contributed by atoms with Gasteiger partial charge in [-0.15, -0.1) is 0 Å². The van der Waals surface area contributed by atoms with Gasteiger partial charge in [0.2, 0.25) is 0 Å². The largest absolute Gasteiger partial charge is 0.398 e. The zero-order chi connectivity index (χ0) is 26.3. The summed E-state index contributed by atoms with van der Waals surface area (Å²) in [5.74, 6) is -0.273. The number of hydrogen-bond acceptors (Lipinski definition) is 7. The van der Waals surface area contributed by atoms with Gasteiger partial charge in [-0.3, -0.25) is 24.0 Å². The van der Waals surface area contributed by atoms with Crippen LogP contribution < -0.4 is 11.5 Å². The van der Waals surface area contributed by atoms with E-state index in [1.54, 1.807) is 21.8 Å². The molecule has 37 heavy (non-hydrogen) atoms. The molecule has 10 nitrogen and oxygen atoms in total. The Hall–Kier alpha value is -4.02. The molecule has 2 aliphatic rings. The van der Waals surface area contributed by atoms with Gasteiger partial charge in [0.1, 0.15) is 6.29 Å². The number of anilines is 1. The maximum atomic E-state index is 13.7. The van der Waals surface area contributed by atoms with Crippen LogP contribution in [-0.2, 0) is 18.4 Å². The van der Waals surface area contributed by atoms with E-state index in [0.29, 0.717) is 54.9 Å². The molecule has 0 aliphatic carbocycles. The monoisotopic (exact) mass is 501 g/mol. The maximum absolute atomic E-state index is 13.7. The quantitative estimate of drug-likeness (QED) is 0.283. The number of carbonyl (C=O) groups excluding carboxylic acids is 3. The first kappa shape index (κ1) is 24.7. The van der Waals surface area contributed by atoms with Crippen LogP contribution in [-0.4, -0.2) is 88.4 Å². The Labute approximate surface area is 215 Å². The third kappa shape index (κ3) is 4.38. The molecule has 2 aromatic carbocycles. The molecule has 3 aromatic rings. The summed E-state index contributed by atoms with van der Waals surface area (Å²) in [4.78, 5) is 43.7. The van der Waals surface area contributed by atoms with Crippen LogP contribution in [0.5, 0.6) is 0 Å². The van der Waals surface area contributed by atoms with E-state index in [1.165, 1.54) is 0 Å². The Morgan fingerprint density at radius 2 is 1.95 bits per heavy atom. The molecule has 4 N–H and O–H groups in total. The zero-order valence-corrected chi connectivity index (χ0v) is 20.9. The lowest BCUT2D eigenvalue weighted by molar-refractivity contribution is -0.105. The molecule has 0 saturated carbocycles. The number of aryl methyl sites for hydroxylation is 1. The first-order valence-electron chi connectivity index (χ1n) is 12.3. The van der Waals surface area contributed by atoms with Crippen LogP contribution in [0.4, 0.5) is 5.69 Å². The lowest BCUT2D eigenvalue weighted by Crippen LogP contribution is -2.49. The van der Waals surface area contributed by atoms with Crippen LogP contribution in [0.3, 0.4) is 0 Å². The number of rotatable bonds is 7. The molecule has 192 valence electrons. The van der Waals surface area contributed by atoms with Crippen molar-refractivity contribution in [2.75, 3.05) is 51.5 Å². The molecule has 5 rings (SSSR count). The summed E-state index contributed by atoms with van der Waals surface area (Å²) in [6.07, 6.45) is 2.38. The standard InChI is InChI=1S/C27H31N7O3/c1-17(16-35)14-34-15-22-19(3-4-23(29)25(22)27(34)37)18-11-20(21-13-30-31(2)24(21)12-18)26(36)33-9-7-32(6-5-28)8-10-33/h3-4,11-13,16H,1,5-10,14-15,28-29H2,2H3. The molecule has 0 atom stereocenters. The number of fused-ring (bicyclic) bond motifs is 2. The van der Waals surface area contributed by atoms with Crippen molar-refractivity contribution in [3.05, 3.63) is 59.3 Å². The van der Waals surface area contributed by atoms with Crippen LogP contribution in [0.15, 0.2) is 42.6 Å². The van der Waals surface area contributed by atoms with Crippen LogP contribution in [0.2, 0.25) is 0 Å². The third-order valence-electron chi connectivity index (χ3n) is 7.27. The summed E-state index contributed by atoms with van der Waals surface area (Å²) >= 11 is 0. The SMILES string of the molecule is C=C(C=O)CN1Cc2c(-c3cc(C(=O)N4CCN(CCN)CC4)c4cnn(C)c4c3)ccc(N)c2C1=O. The van der Waals surface area contributed by atoms with Gasteiger partial charge in [0.05, 0.1) is 22.8 Å². The summed E-state index contributed by atoms with van der Waals surface area (Å²) in [5, 5.41) is 5.19. The van der Waals surface area contributed by atoms with E-state index in [4.69, 9.17) is 11.5 Å². The Balaban J connectivity index is 1.55. The van der Waals surface area contributed by atoms with Gasteiger partial charge < -0.3 is 21.3 Å². The van der Waals surface area contributed by atoms with Gasteiger partial charge in [0.25, 0.3) is 11.8 Å². The number of aromatic nitrogens is 2. The van der Waals surface area contributed by atoms with Gasteiger partial charge in [-0.1, -0.05) is 12.6 Å².